The fourth-order valence-electron chi connectivity index (χ4n) is 2.05. The van der Waals surface area contributed by atoms with Gasteiger partial charge in [0.05, 0.1) is 10.4 Å². The van der Waals surface area contributed by atoms with Gasteiger partial charge in [-0.25, -0.2) is 18.2 Å². The van der Waals surface area contributed by atoms with Gasteiger partial charge in [-0.15, -0.1) is 0 Å². The third-order valence-electron chi connectivity index (χ3n) is 3.31. The van der Waals surface area contributed by atoms with Crippen molar-refractivity contribution in [1.82, 2.24) is 9.55 Å². The van der Waals surface area contributed by atoms with E-state index in [9.17, 15) is 13.2 Å². The number of oxazole rings is 1. The molecule has 0 aliphatic carbocycles. The molecule has 0 spiro atoms. The molecule has 0 atom stereocenters. The summed E-state index contributed by atoms with van der Waals surface area (Å²) < 4.78 is 33.6. The molecule has 1 N–H and O–H groups in total. The fraction of sp³-hybridized carbons (Fsp3) is 0.143. The number of rotatable bonds is 3. The van der Waals surface area contributed by atoms with Gasteiger partial charge in [-0.1, -0.05) is 6.07 Å². The zero-order valence-corrected chi connectivity index (χ0v) is 12.7. The molecule has 114 valence electrons. The number of nitrogens with zero attached hydrogens (tertiary/aromatic N) is 2. The topological polar surface area (TPSA) is 94.2 Å². The second-order valence-electron chi connectivity index (χ2n) is 4.83. The van der Waals surface area contributed by atoms with Gasteiger partial charge in [0.25, 0.3) is 10.0 Å². The monoisotopic (exact) mass is 319 g/mol. The third-order valence-corrected chi connectivity index (χ3v) is 4.65. The van der Waals surface area contributed by atoms with E-state index in [1.165, 1.54) is 36.0 Å². The van der Waals surface area contributed by atoms with Crippen LogP contribution in [0.1, 0.15) is 5.56 Å². The van der Waals surface area contributed by atoms with E-state index in [2.05, 4.69) is 9.71 Å². The Morgan fingerprint density at radius 1 is 1.27 bits per heavy atom. The summed E-state index contributed by atoms with van der Waals surface area (Å²) in [5, 5.41) is 0. The summed E-state index contributed by atoms with van der Waals surface area (Å²) in [5.74, 6) is -0.276. The van der Waals surface area contributed by atoms with E-state index in [-0.39, 0.29) is 10.7 Å². The number of hydrogen-bond donors (Lipinski definition) is 1. The average molecular weight is 319 g/mol. The van der Waals surface area contributed by atoms with Gasteiger partial charge in [-0.2, -0.15) is 0 Å². The molecule has 0 unspecified atom stereocenters. The first-order chi connectivity index (χ1) is 10.4. The molecule has 0 bridgehead atoms. The van der Waals surface area contributed by atoms with Crippen molar-refractivity contribution in [3.8, 4) is 0 Å². The molecule has 0 radical (unpaired) electrons. The zero-order chi connectivity index (χ0) is 15.9. The standard InChI is InChI=1S/C14H13N3O4S/c1-9-4-3-7-15-13(9)16-22(19,20)10-5-6-12-11(8-10)17(2)14(18)21-12/h3-8H,1-2H3,(H,15,16). The third kappa shape index (κ3) is 2.37. The Morgan fingerprint density at radius 3 is 2.77 bits per heavy atom. The van der Waals surface area contributed by atoms with Crippen molar-refractivity contribution in [1.29, 1.82) is 0 Å². The number of anilines is 1. The number of aromatic nitrogens is 2. The summed E-state index contributed by atoms with van der Waals surface area (Å²) in [6.45, 7) is 1.76. The first-order valence-corrected chi connectivity index (χ1v) is 7.91. The number of benzene rings is 1. The van der Waals surface area contributed by atoms with Gasteiger partial charge in [0.2, 0.25) is 0 Å². The van der Waals surface area contributed by atoms with Gasteiger partial charge in [0, 0.05) is 13.2 Å². The summed E-state index contributed by atoms with van der Waals surface area (Å²) in [5.41, 5.74) is 1.45. The van der Waals surface area contributed by atoms with Gasteiger partial charge >= 0.3 is 5.76 Å². The van der Waals surface area contributed by atoms with Crippen molar-refractivity contribution in [2.24, 2.45) is 7.05 Å². The van der Waals surface area contributed by atoms with E-state index in [1.807, 2.05) is 0 Å². The van der Waals surface area contributed by atoms with Gasteiger partial charge in [-0.3, -0.25) is 9.29 Å². The molecular formula is C14H13N3O4S. The smallest absolute Gasteiger partial charge is 0.408 e. The van der Waals surface area contributed by atoms with Crippen LogP contribution in [-0.2, 0) is 17.1 Å². The van der Waals surface area contributed by atoms with Crippen LogP contribution >= 0.6 is 0 Å². The second-order valence-corrected chi connectivity index (χ2v) is 6.51. The lowest BCUT2D eigenvalue weighted by Crippen LogP contribution is -2.15. The molecule has 2 heterocycles. The number of pyridine rings is 1. The molecule has 22 heavy (non-hydrogen) atoms. The molecule has 0 saturated heterocycles. The largest absolute Gasteiger partial charge is 0.419 e. The van der Waals surface area contributed by atoms with Crippen LogP contribution in [0, 0.1) is 6.92 Å². The van der Waals surface area contributed by atoms with E-state index in [4.69, 9.17) is 4.42 Å². The molecule has 7 nitrogen and oxygen atoms in total. The van der Waals surface area contributed by atoms with Crippen molar-refractivity contribution in [3.63, 3.8) is 0 Å². The predicted molar refractivity (Wildman–Crippen MR) is 81.2 cm³/mol. The van der Waals surface area contributed by atoms with Gasteiger partial charge in [0.15, 0.2) is 5.58 Å². The van der Waals surface area contributed by atoms with Crippen molar-refractivity contribution < 1.29 is 12.8 Å². The number of aryl methyl sites for hydroxylation is 2. The van der Waals surface area contributed by atoms with E-state index < -0.39 is 15.8 Å². The SMILES string of the molecule is Cc1cccnc1NS(=O)(=O)c1ccc2oc(=O)n(C)c2c1. The minimum absolute atomic E-state index is 0.0291. The quantitative estimate of drug-likeness (QED) is 0.792. The van der Waals surface area contributed by atoms with Crippen LogP contribution in [0.2, 0.25) is 0 Å². The van der Waals surface area contributed by atoms with Crippen molar-refractivity contribution in [2.75, 3.05) is 4.72 Å². The summed E-state index contributed by atoms with van der Waals surface area (Å²) in [6.07, 6.45) is 1.51. The van der Waals surface area contributed by atoms with Crippen LogP contribution in [0.25, 0.3) is 11.1 Å². The van der Waals surface area contributed by atoms with Crippen LogP contribution in [0.15, 0.2) is 50.6 Å². The van der Waals surface area contributed by atoms with E-state index in [1.54, 1.807) is 19.1 Å². The lowest BCUT2D eigenvalue weighted by atomic mass is 10.3. The van der Waals surface area contributed by atoms with E-state index in [0.717, 1.165) is 0 Å². The Labute approximate surface area is 126 Å². The van der Waals surface area contributed by atoms with Crippen molar-refractivity contribution >= 4 is 26.9 Å². The molecule has 2 aromatic heterocycles. The van der Waals surface area contributed by atoms with E-state index >= 15 is 0 Å². The number of sulfonamides is 1. The predicted octanol–water partition coefficient (Wildman–Crippen LogP) is 1.64. The molecule has 0 fully saturated rings. The number of hydrogen-bond acceptors (Lipinski definition) is 5. The maximum Gasteiger partial charge on any atom is 0.419 e. The Bertz CT molecular complexity index is 1020. The summed E-state index contributed by atoms with van der Waals surface area (Å²) in [4.78, 5) is 15.5. The lowest BCUT2D eigenvalue weighted by Gasteiger charge is -2.09. The summed E-state index contributed by atoms with van der Waals surface area (Å²) in [6, 6.07) is 7.71. The highest BCUT2D eigenvalue weighted by atomic mass is 32.2. The minimum atomic E-state index is -3.80. The van der Waals surface area contributed by atoms with Crippen LogP contribution in [0.3, 0.4) is 0 Å². The molecule has 0 aliphatic heterocycles. The first-order valence-electron chi connectivity index (χ1n) is 6.42. The molecule has 8 heteroatoms. The zero-order valence-electron chi connectivity index (χ0n) is 11.9. The molecule has 0 amide bonds. The van der Waals surface area contributed by atoms with Crippen LogP contribution in [0.5, 0.6) is 0 Å². The Hall–Kier alpha value is -2.61. The van der Waals surface area contributed by atoms with Crippen LogP contribution < -0.4 is 10.5 Å². The first kappa shape index (κ1) is 14.3. The lowest BCUT2D eigenvalue weighted by molar-refractivity contribution is 0.528. The average Bonchev–Trinajstić information content (AvgIpc) is 2.76. The summed E-state index contributed by atoms with van der Waals surface area (Å²) >= 11 is 0. The van der Waals surface area contributed by atoms with E-state index in [0.29, 0.717) is 16.7 Å². The second kappa shape index (κ2) is 4.99. The molecule has 0 aliphatic rings. The molecule has 1 aromatic carbocycles. The molecule has 0 saturated carbocycles. The highest BCUT2D eigenvalue weighted by molar-refractivity contribution is 7.92. The van der Waals surface area contributed by atoms with Gasteiger partial charge in [0.1, 0.15) is 5.82 Å². The Balaban J connectivity index is 2.07. The van der Waals surface area contributed by atoms with Crippen molar-refractivity contribution in [2.45, 2.75) is 11.8 Å². The number of nitrogens with one attached hydrogen (secondary N) is 1. The molecule has 3 aromatic rings. The van der Waals surface area contributed by atoms with Gasteiger partial charge in [-0.05, 0) is 36.8 Å². The van der Waals surface area contributed by atoms with Crippen LogP contribution in [0.4, 0.5) is 5.82 Å². The normalized spacial score (nSPS) is 11.7. The van der Waals surface area contributed by atoms with Gasteiger partial charge < -0.3 is 4.42 Å². The fourth-order valence-corrected chi connectivity index (χ4v) is 3.15. The maximum absolute atomic E-state index is 12.4. The highest BCUT2D eigenvalue weighted by Gasteiger charge is 2.18. The molecule has 3 rings (SSSR count). The minimum Gasteiger partial charge on any atom is -0.408 e. The highest BCUT2D eigenvalue weighted by Crippen LogP contribution is 2.21. The summed E-state index contributed by atoms with van der Waals surface area (Å²) in [7, 11) is -2.29. The Kier molecular flexibility index (Phi) is 3.25. The molecular weight excluding hydrogens is 306 g/mol. The number of fused-ring (bicyclic) bond motifs is 1. The maximum atomic E-state index is 12.4. The van der Waals surface area contributed by atoms with Crippen LogP contribution in [-0.4, -0.2) is 18.0 Å². The van der Waals surface area contributed by atoms with Crippen molar-refractivity contribution in [3.05, 3.63) is 52.6 Å². The Morgan fingerprint density at radius 2 is 2.05 bits per heavy atom.